The zero-order chi connectivity index (χ0) is 18.9. The molecular weight excluding hydrogens is 338 g/mol. The Bertz CT molecular complexity index is 803. The molecule has 0 aliphatic rings. The molecule has 0 aromatic heterocycles. The quantitative estimate of drug-likeness (QED) is 0.467. The maximum absolute atomic E-state index is 12.0. The number of carbonyl (C=O) groups excluding carboxylic acids is 2. The second kappa shape index (κ2) is 9.07. The Labute approximate surface area is 150 Å². The van der Waals surface area contributed by atoms with Crippen molar-refractivity contribution in [2.45, 2.75) is 0 Å². The van der Waals surface area contributed by atoms with Gasteiger partial charge in [-0.15, -0.1) is 0 Å². The smallest absolute Gasteiger partial charge is 0.329 e. The molecule has 0 saturated heterocycles. The lowest BCUT2D eigenvalue weighted by atomic mass is 10.2. The number of anilines is 1. The predicted octanol–water partition coefficient (Wildman–Crippen LogP) is 1.80. The predicted molar refractivity (Wildman–Crippen MR) is 96.9 cm³/mol. The van der Waals surface area contributed by atoms with E-state index in [0.29, 0.717) is 22.9 Å². The van der Waals surface area contributed by atoms with Crippen LogP contribution in [0, 0.1) is 0 Å². The summed E-state index contributed by atoms with van der Waals surface area (Å²) in [4.78, 5) is 23.9. The molecule has 2 N–H and O–H groups in total. The molecule has 2 rings (SSSR count). The topological polar surface area (TPSA) is 98.2 Å². The van der Waals surface area contributed by atoms with Crippen molar-refractivity contribution in [2.24, 2.45) is 5.10 Å². The van der Waals surface area contributed by atoms with Crippen molar-refractivity contribution in [3.05, 3.63) is 48.0 Å². The first-order chi connectivity index (χ1) is 12.6. The van der Waals surface area contributed by atoms with E-state index in [1.807, 2.05) is 0 Å². The number of amides is 2. The van der Waals surface area contributed by atoms with Crippen LogP contribution in [-0.4, -0.2) is 39.4 Å². The fraction of sp³-hybridized carbons (Fsp3) is 0.167. The van der Waals surface area contributed by atoms with Crippen molar-refractivity contribution in [2.75, 3.05) is 26.6 Å². The van der Waals surface area contributed by atoms with Gasteiger partial charge in [0.25, 0.3) is 0 Å². The van der Waals surface area contributed by atoms with Crippen LogP contribution in [0.2, 0.25) is 0 Å². The zero-order valence-electron chi connectivity index (χ0n) is 14.6. The van der Waals surface area contributed by atoms with E-state index >= 15 is 0 Å². The third-order valence-corrected chi connectivity index (χ3v) is 3.36. The van der Waals surface area contributed by atoms with Gasteiger partial charge in [0.05, 0.1) is 33.2 Å². The highest BCUT2D eigenvalue weighted by Gasteiger charge is 2.16. The number of nitrogens with zero attached hydrogens (tertiary/aromatic N) is 1. The molecule has 0 unspecified atom stereocenters. The summed E-state index contributed by atoms with van der Waals surface area (Å²) in [6, 6.07) is 11.9. The average Bonchev–Trinajstić information content (AvgIpc) is 2.68. The van der Waals surface area contributed by atoms with Crippen LogP contribution in [0.25, 0.3) is 0 Å². The lowest BCUT2D eigenvalue weighted by Gasteiger charge is -2.11. The van der Waals surface area contributed by atoms with Gasteiger partial charge in [0.15, 0.2) is 0 Å². The number of nitrogens with one attached hydrogen (secondary N) is 2. The highest BCUT2D eigenvalue weighted by molar-refractivity contribution is 6.39. The van der Waals surface area contributed by atoms with Crippen molar-refractivity contribution in [1.29, 1.82) is 0 Å². The second-order valence-corrected chi connectivity index (χ2v) is 4.99. The molecule has 2 aromatic carbocycles. The number of rotatable bonds is 6. The summed E-state index contributed by atoms with van der Waals surface area (Å²) in [5.41, 5.74) is 3.21. The summed E-state index contributed by atoms with van der Waals surface area (Å²) in [5, 5.41) is 6.21. The minimum atomic E-state index is -0.917. The van der Waals surface area contributed by atoms with Crippen LogP contribution in [0.5, 0.6) is 17.2 Å². The van der Waals surface area contributed by atoms with Gasteiger partial charge in [-0.1, -0.05) is 0 Å². The standard InChI is InChI=1S/C18H19N3O5/c1-24-13-6-4-12(5-7-13)11-19-21-18(23)17(22)20-15-10-14(25-2)8-9-16(15)26-3/h4-11H,1-3H3,(H,20,22)(H,21,23)/b19-11-. The number of methoxy groups -OCH3 is 3. The molecule has 0 spiro atoms. The monoisotopic (exact) mass is 357 g/mol. The summed E-state index contributed by atoms with van der Waals surface area (Å²) < 4.78 is 15.3. The maximum atomic E-state index is 12.0. The summed E-state index contributed by atoms with van der Waals surface area (Å²) >= 11 is 0. The van der Waals surface area contributed by atoms with Crippen LogP contribution in [0.1, 0.15) is 5.56 Å². The van der Waals surface area contributed by atoms with Crippen molar-refractivity contribution < 1.29 is 23.8 Å². The van der Waals surface area contributed by atoms with Crippen LogP contribution < -0.4 is 25.0 Å². The van der Waals surface area contributed by atoms with Gasteiger partial charge < -0.3 is 19.5 Å². The van der Waals surface area contributed by atoms with E-state index in [9.17, 15) is 9.59 Å². The van der Waals surface area contributed by atoms with Crippen LogP contribution in [0.15, 0.2) is 47.6 Å². The summed E-state index contributed by atoms with van der Waals surface area (Å²) in [6.07, 6.45) is 1.41. The molecule has 2 amide bonds. The van der Waals surface area contributed by atoms with Gasteiger partial charge in [0.1, 0.15) is 17.2 Å². The van der Waals surface area contributed by atoms with E-state index in [4.69, 9.17) is 14.2 Å². The fourth-order valence-corrected chi connectivity index (χ4v) is 2.00. The highest BCUT2D eigenvalue weighted by atomic mass is 16.5. The molecule has 0 radical (unpaired) electrons. The van der Waals surface area contributed by atoms with Gasteiger partial charge in [-0.3, -0.25) is 9.59 Å². The van der Waals surface area contributed by atoms with E-state index < -0.39 is 11.8 Å². The summed E-state index contributed by atoms with van der Waals surface area (Å²) in [5.74, 6) is -0.186. The van der Waals surface area contributed by atoms with Crippen LogP contribution in [0.3, 0.4) is 0 Å². The Hall–Kier alpha value is -3.55. The largest absolute Gasteiger partial charge is 0.497 e. The Morgan fingerprint density at radius 2 is 1.54 bits per heavy atom. The number of carbonyl (C=O) groups is 2. The summed E-state index contributed by atoms with van der Waals surface area (Å²) in [7, 11) is 4.52. The minimum absolute atomic E-state index is 0.311. The molecule has 2 aromatic rings. The van der Waals surface area contributed by atoms with Crippen molar-refractivity contribution in [1.82, 2.24) is 5.43 Å². The minimum Gasteiger partial charge on any atom is -0.497 e. The molecule has 0 saturated carbocycles. The molecule has 0 heterocycles. The maximum Gasteiger partial charge on any atom is 0.329 e. The molecule has 0 aliphatic carbocycles. The van der Waals surface area contributed by atoms with Crippen LogP contribution in [0.4, 0.5) is 5.69 Å². The zero-order valence-corrected chi connectivity index (χ0v) is 14.6. The molecule has 0 fully saturated rings. The molecule has 0 atom stereocenters. The second-order valence-electron chi connectivity index (χ2n) is 4.99. The van der Waals surface area contributed by atoms with Crippen molar-refractivity contribution in [3.63, 3.8) is 0 Å². The van der Waals surface area contributed by atoms with Crippen LogP contribution in [-0.2, 0) is 9.59 Å². The molecular formula is C18H19N3O5. The molecule has 0 bridgehead atoms. The van der Waals surface area contributed by atoms with E-state index in [1.165, 1.54) is 20.4 Å². The Morgan fingerprint density at radius 3 is 2.15 bits per heavy atom. The van der Waals surface area contributed by atoms with E-state index in [-0.39, 0.29) is 0 Å². The number of benzene rings is 2. The molecule has 8 heteroatoms. The highest BCUT2D eigenvalue weighted by Crippen LogP contribution is 2.28. The van der Waals surface area contributed by atoms with Gasteiger partial charge >= 0.3 is 11.8 Å². The van der Waals surface area contributed by atoms with Gasteiger partial charge in [0.2, 0.25) is 0 Å². The Balaban J connectivity index is 1.97. The SMILES string of the molecule is COc1ccc(/C=N\NC(=O)C(=O)Nc2cc(OC)ccc2OC)cc1. The third-order valence-electron chi connectivity index (χ3n) is 3.36. The molecule has 136 valence electrons. The lowest BCUT2D eigenvalue weighted by Crippen LogP contribution is -2.32. The van der Waals surface area contributed by atoms with Gasteiger partial charge in [-0.2, -0.15) is 5.10 Å². The van der Waals surface area contributed by atoms with Gasteiger partial charge in [-0.05, 0) is 42.0 Å². The van der Waals surface area contributed by atoms with Crippen molar-refractivity contribution in [3.8, 4) is 17.2 Å². The third kappa shape index (κ3) is 4.97. The number of ether oxygens (including phenoxy) is 3. The fourth-order valence-electron chi connectivity index (χ4n) is 2.00. The van der Waals surface area contributed by atoms with E-state index in [1.54, 1.807) is 49.6 Å². The Kier molecular flexibility index (Phi) is 6.55. The van der Waals surface area contributed by atoms with Crippen LogP contribution >= 0.6 is 0 Å². The first-order valence-corrected chi connectivity index (χ1v) is 7.58. The first kappa shape index (κ1) is 18.8. The average molecular weight is 357 g/mol. The number of hydrazone groups is 1. The van der Waals surface area contributed by atoms with E-state index in [2.05, 4.69) is 15.8 Å². The van der Waals surface area contributed by atoms with Crippen molar-refractivity contribution >= 4 is 23.7 Å². The lowest BCUT2D eigenvalue weighted by molar-refractivity contribution is -0.136. The summed E-state index contributed by atoms with van der Waals surface area (Å²) in [6.45, 7) is 0. The Morgan fingerprint density at radius 1 is 0.885 bits per heavy atom. The van der Waals surface area contributed by atoms with E-state index in [0.717, 1.165) is 5.56 Å². The normalized spacial score (nSPS) is 10.3. The number of hydrogen-bond acceptors (Lipinski definition) is 6. The van der Waals surface area contributed by atoms with Gasteiger partial charge in [0, 0.05) is 6.07 Å². The molecule has 26 heavy (non-hydrogen) atoms. The number of hydrogen-bond donors (Lipinski definition) is 2. The molecule has 8 nitrogen and oxygen atoms in total. The molecule has 0 aliphatic heterocycles. The van der Waals surface area contributed by atoms with Gasteiger partial charge in [-0.25, -0.2) is 5.43 Å². The first-order valence-electron chi connectivity index (χ1n) is 7.58.